The predicted molar refractivity (Wildman–Crippen MR) is 76.3 cm³/mol. The standard InChI is InChI=1S/C16H16N2O2/c1-10-4-5-12(20-15-11(17)3-2-8-18-15)13-14(10)19-9-16(13)6-7-16/h2-5,8H,6-7,9,17H2,1H3. The Morgan fingerprint density at radius 3 is 2.90 bits per heavy atom. The molecule has 0 bridgehead atoms. The van der Waals surface area contributed by atoms with Crippen molar-refractivity contribution in [3.8, 4) is 17.4 Å². The van der Waals surface area contributed by atoms with Gasteiger partial charge in [-0.05, 0) is 43.5 Å². The van der Waals surface area contributed by atoms with Crippen molar-refractivity contribution in [3.05, 3.63) is 41.6 Å². The first-order chi connectivity index (χ1) is 9.70. The minimum Gasteiger partial charge on any atom is -0.492 e. The third-order valence-corrected chi connectivity index (χ3v) is 4.20. The lowest BCUT2D eigenvalue weighted by Crippen LogP contribution is -2.08. The smallest absolute Gasteiger partial charge is 0.242 e. The number of nitrogens with two attached hydrogens (primary N) is 1. The summed E-state index contributed by atoms with van der Waals surface area (Å²) < 4.78 is 11.9. The minimum atomic E-state index is 0.167. The van der Waals surface area contributed by atoms with Crippen LogP contribution in [0.2, 0.25) is 0 Å². The minimum absolute atomic E-state index is 0.167. The van der Waals surface area contributed by atoms with E-state index in [-0.39, 0.29) is 5.41 Å². The van der Waals surface area contributed by atoms with Gasteiger partial charge in [-0.3, -0.25) is 0 Å². The van der Waals surface area contributed by atoms with Crippen molar-refractivity contribution in [2.24, 2.45) is 0 Å². The van der Waals surface area contributed by atoms with Gasteiger partial charge in [-0.15, -0.1) is 0 Å². The number of fused-ring (bicyclic) bond motifs is 2. The van der Waals surface area contributed by atoms with Gasteiger partial charge in [0.2, 0.25) is 5.88 Å². The molecule has 4 nitrogen and oxygen atoms in total. The van der Waals surface area contributed by atoms with Gasteiger partial charge in [-0.2, -0.15) is 0 Å². The van der Waals surface area contributed by atoms with E-state index in [1.807, 2.05) is 12.1 Å². The van der Waals surface area contributed by atoms with Crippen LogP contribution in [0.5, 0.6) is 17.4 Å². The highest BCUT2D eigenvalue weighted by molar-refractivity contribution is 5.60. The maximum atomic E-state index is 5.97. The normalized spacial score (nSPS) is 17.6. The second kappa shape index (κ2) is 3.88. The molecule has 102 valence electrons. The number of pyridine rings is 1. The van der Waals surface area contributed by atoms with Crippen molar-refractivity contribution < 1.29 is 9.47 Å². The van der Waals surface area contributed by atoms with Gasteiger partial charge in [0, 0.05) is 17.2 Å². The van der Waals surface area contributed by atoms with Crippen LogP contribution in [-0.4, -0.2) is 11.6 Å². The molecule has 2 aromatic rings. The van der Waals surface area contributed by atoms with E-state index in [9.17, 15) is 0 Å². The van der Waals surface area contributed by atoms with E-state index in [4.69, 9.17) is 15.2 Å². The summed E-state index contributed by atoms with van der Waals surface area (Å²) in [5, 5.41) is 0. The summed E-state index contributed by atoms with van der Waals surface area (Å²) in [6.07, 6.45) is 4.01. The molecule has 1 aliphatic heterocycles. The van der Waals surface area contributed by atoms with E-state index in [0.29, 0.717) is 11.6 Å². The van der Waals surface area contributed by atoms with Gasteiger partial charge in [-0.1, -0.05) is 6.07 Å². The first-order valence-corrected chi connectivity index (χ1v) is 6.85. The Hall–Kier alpha value is -2.23. The van der Waals surface area contributed by atoms with Crippen LogP contribution in [0.4, 0.5) is 5.69 Å². The number of hydrogen-bond donors (Lipinski definition) is 1. The van der Waals surface area contributed by atoms with Crippen LogP contribution in [-0.2, 0) is 5.41 Å². The van der Waals surface area contributed by atoms with Crippen molar-refractivity contribution in [1.82, 2.24) is 4.98 Å². The number of hydrogen-bond acceptors (Lipinski definition) is 4. The largest absolute Gasteiger partial charge is 0.492 e. The fraction of sp³-hybridized carbons (Fsp3) is 0.312. The SMILES string of the molecule is Cc1ccc(Oc2ncccc2N)c2c1OCC21CC1. The first kappa shape index (κ1) is 11.6. The summed E-state index contributed by atoms with van der Waals surface area (Å²) in [5.41, 5.74) is 8.98. The lowest BCUT2D eigenvalue weighted by molar-refractivity contribution is 0.322. The van der Waals surface area contributed by atoms with Gasteiger partial charge >= 0.3 is 0 Å². The second-order valence-electron chi connectivity index (χ2n) is 5.65. The van der Waals surface area contributed by atoms with E-state index >= 15 is 0 Å². The molecule has 1 aromatic carbocycles. The van der Waals surface area contributed by atoms with Gasteiger partial charge in [0.15, 0.2) is 0 Å². The predicted octanol–water partition coefficient (Wildman–Crippen LogP) is 3.19. The summed E-state index contributed by atoms with van der Waals surface area (Å²) in [5.74, 6) is 2.27. The van der Waals surface area contributed by atoms with Crippen LogP contribution in [0.1, 0.15) is 24.0 Å². The van der Waals surface area contributed by atoms with Gasteiger partial charge in [0.05, 0.1) is 12.3 Å². The van der Waals surface area contributed by atoms with E-state index in [0.717, 1.165) is 36.5 Å². The van der Waals surface area contributed by atoms with Crippen LogP contribution in [0.3, 0.4) is 0 Å². The van der Waals surface area contributed by atoms with Crippen LogP contribution in [0, 0.1) is 6.92 Å². The molecule has 2 aliphatic rings. The molecule has 2 heterocycles. The summed E-state index contributed by atoms with van der Waals surface area (Å²) in [6, 6.07) is 7.61. The quantitative estimate of drug-likeness (QED) is 0.908. The van der Waals surface area contributed by atoms with E-state index in [1.165, 1.54) is 5.56 Å². The van der Waals surface area contributed by atoms with Crippen LogP contribution >= 0.6 is 0 Å². The molecule has 0 radical (unpaired) electrons. The highest BCUT2D eigenvalue weighted by Gasteiger charge is 2.53. The third kappa shape index (κ3) is 1.57. The molecule has 0 saturated heterocycles. The topological polar surface area (TPSA) is 57.4 Å². The molecule has 0 amide bonds. The average molecular weight is 268 g/mol. The van der Waals surface area contributed by atoms with Gasteiger partial charge < -0.3 is 15.2 Å². The molecule has 4 heteroatoms. The molecular formula is C16H16N2O2. The molecule has 1 saturated carbocycles. The average Bonchev–Trinajstić information content (AvgIpc) is 3.11. The fourth-order valence-electron chi connectivity index (χ4n) is 2.86. The Kier molecular flexibility index (Phi) is 2.25. The molecule has 1 spiro atoms. The molecule has 1 aromatic heterocycles. The molecule has 1 aliphatic carbocycles. The maximum Gasteiger partial charge on any atom is 0.242 e. The number of aromatic nitrogens is 1. The zero-order valence-electron chi connectivity index (χ0n) is 11.3. The Morgan fingerprint density at radius 1 is 1.30 bits per heavy atom. The maximum absolute atomic E-state index is 5.97. The number of nitrogens with zero attached hydrogens (tertiary/aromatic N) is 1. The van der Waals surface area contributed by atoms with E-state index in [1.54, 1.807) is 18.3 Å². The molecule has 1 fully saturated rings. The second-order valence-corrected chi connectivity index (χ2v) is 5.65. The lowest BCUT2D eigenvalue weighted by atomic mass is 9.95. The number of rotatable bonds is 2. The van der Waals surface area contributed by atoms with Gasteiger partial charge in [0.25, 0.3) is 0 Å². The number of aryl methyl sites for hydroxylation is 1. The number of anilines is 1. The Bertz CT molecular complexity index is 693. The van der Waals surface area contributed by atoms with E-state index in [2.05, 4.69) is 11.9 Å². The zero-order chi connectivity index (χ0) is 13.7. The van der Waals surface area contributed by atoms with E-state index < -0.39 is 0 Å². The van der Waals surface area contributed by atoms with Crippen LogP contribution < -0.4 is 15.2 Å². The van der Waals surface area contributed by atoms with Crippen molar-refractivity contribution in [3.63, 3.8) is 0 Å². The molecular weight excluding hydrogens is 252 g/mol. The van der Waals surface area contributed by atoms with Gasteiger partial charge in [0.1, 0.15) is 11.5 Å². The highest BCUT2D eigenvalue weighted by Crippen LogP contribution is 2.59. The summed E-state index contributed by atoms with van der Waals surface area (Å²) in [7, 11) is 0. The van der Waals surface area contributed by atoms with Crippen LogP contribution in [0.25, 0.3) is 0 Å². The Morgan fingerprint density at radius 2 is 2.15 bits per heavy atom. The number of nitrogen functional groups attached to an aromatic ring is 1. The summed E-state index contributed by atoms with van der Waals surface area (Å²) in [4.78, 5) is 4.20. The van der Waals surface area contributed by atoms with Crippen molar-refractivity contribution in [2.45, 2.75) is 25.2 Å². The highest BCUT2D eigenvalue weighted by atomic mass is 16.5. The Balaban J connectivity index is 1.81. The zero-order valence-corrected chi connectivity index (χ0v) is 11.3. The molecule has 4 rings (SSSR count). The van der Waals surface area contributed by atoms with Crippen molar-refractivity contribution in [1.29, 1.82) is 0 Å². The van der Waals surface area contributed by atoms with Crippen molar-refractivity contribution in [2.75, 3.05) is 12.3 Å². The molecule has 20 heavy (non-hydrogen) atoms. The molecule has 0 unspecified atom stereocenters. The third-order valence-electron chi connectivity index (χ3n) is 4.20. The van der Waals surface area contributed by atoms with Crippen molar-refractivity contribution >= 4 is 5.69 Å². The van der Waals surface area contributed by atoms with Crippen LogP contribution in [0.15, 0.2) is 30.5 Å². The number of ether oxygens (including phenoxy) is 2. The number of benzene rings is 1. The fourth-order valence-corrected chi connectivity index (χ4v) is 2.86. The lowest BCUT2D eigenvalue weighted by Gasteiger charge is -2.14. The summed E-state index contributed by atoms with van der Waals surface area (Å²) in [6.45, 7) is 2.83. The van der Waals surface area contributed by atoms with Gasteiger partial charge in [-0.25, -0.2) is 4.98 Å². The molecule has 0 atom stereocenters. The summed E-state index contributed by atoms with van der Waals surface area (Å²) >= 11 is 0. The molecule has 2 N–H and O–H groups in total. The first-order valence-electron chi connectivity index (χ1n) is 6.85. The monoisotopic (exact) mass is 268 g/mol. The Labute approximate surface area is 117 Å².